The van der Waals surface area contributed by atoms with E-state index in [-0.39, 0.29) is 18.3 Å². The highest BCUT2D eigenvalue weighted by Crippen LogP contribution is 2.25. The van der Waals surface area contributed by atoms with Gasteiger partial charge in [-0.1, -0.05) is 65.4 Å². The number of ether oxygens (including phenoxy) is 1. The maximum atomic E-state index is 12.7. The number of amides is 1. The quantitative estimate of drug-likeness (QED) is 0.328. The fraction of sp³-hybridized carbons (Fsp3) is 0.222. The molecule has 1 amide bonds. The van der Waals surface area contributed by atoms with Gasteiger partial charge in [0, 0.05) is 11.4 Å². The molecule has 1 aromatic heterocycles. The molecule has 7 heteroatoms. The Balaban J connectivity index is 1.52. The summed E-state index contributed by atoms with van der Waals surface area (Å²) in [7, 11) is 0. The molecule has 0 fully saturated rings. The van der Waals surface area contributed by atoms with E-state index in [2.05, 4.69) is 15.5 Å². The third kappa shape index (κ3) is 5.66. The van der Waals surface area contributed by atoms with Crippen LogP contribution in [0.3, 0.4) is 0 Å². The first-order valence-electron chi connectivity index (χ1n) is 11.1. The summed E-state index contributed by atoms with van der Waals surface area (Å²) >= 11 is 1.35. The van der Waals surface area contributed by atoms with Gasteiger partial charge in [-0.3, -0.25) is 9.36 Å². The smallest absolute Gasteiger partial charge is 0.234 e. The minimum Gasteiger partial charge on any atom is -0.486 e. The van der Waals surface area contributed by atoms with Gasteiger partial charge in [0.15, 0.2) is 11.0 Å². The molecule has 0 aliphatic carbocycles. The van der Waals surface area contributed by atoms with E-state index in [0.29, 0.717) is 11.0 Å². The van der Waals surface area contributed by atoms with Gasteiger partial charge in [-0.2, -0.15) is 0 Å². The van der Waals surface area contributed by atoms with Gasteiger partial charge in [0.1, 0.15) is 12.4 Å². The molecule has 6 nitrogen and oxygen atoms in total. The van der Waals surface area contributed by atoms with Gasteiger partial charge in [-0.15, -0.1) is 10.2 Å². The molecular weight excluding hydrogens is 444 g/mol. The Morgan fingerprint density at radius 1 is 0.882 bits per heavy atom. The number of para-hydroxylation sites is 1. The standard InChI is InChI=1S/C27H28N4O2S/c1-18-8-12-22(13-9-18)31-24(16-33-23-14-10-19(2)11-15-23)29-30-27(31)34-17-25(32)28-26-20(3)6-5-7-21(26)4/h5-15H,16-17H2,1-4H3,(H,28,32). The summed E-state index contributed by atoms with van der Waals surface area (Å²) in [5.41, 5.74) is 6.20. The molecule has 34 heavy (non-hydrogen) atoms. The lowest BCUT2D eigenvalue weighted by atomic mass is 10.1. The summed E-state index contributed by atoms with van der Waals surface area (Å²) in [4.78, 5) is 12.7. The van der Waals surface area contributed by atoms with Gasteiger partial charge in [0.05, 0.1) is 5.75 Å². The molecule has 0 saturated carbocycles. The fourth-order valence-corrected chi connectivity index (χ4v) is 4.31. The van der Waals surface area contributed by atoms with E-state index in [0.717, 1.165) is 33.8 Å². The van der Waals surface area contributed by atoms with E-state index in [4.69, 9.17) is 4.74 Å². The van der Waals surface area contributed by atoms with Crippen LogP contribution in [0.15, 0.2) is 71.9 Å². The third-order valence-corrected chi connectivity index (χ3v) is 6.39. The van der Waals surface area contributed by atoms with Crippen LogP contribution in [0, 0.1) is 27.7 Å². The molecule has 0 aliphatic heterocycles. The van der Waals surface area contributed by atoms with Crippen LogP contribution in [0.1, 0.15) is 28.1 Å². The molecule has 0 spiro atoms. The van der Waals surface area contributed by atoms with Gasteiger partial charge in [-0.25, -0.2) is 0 Å². The van der Waals surface area contributed by atoms with Crippen LogP contribution >= 0.6 is 11.8 Å². The first-order chi connectivity index (χ1) is 16.4. The Bertz CT molecular complexity index is 1260. The van der Waals surface area contributed by atoms with Gasteiger partial charge in [-0.05, 0) is 63.1 Å². The van der Waals surface area contributed by atoms with Crippen molar-refractivity contribution in [2.75, 3.05) is 11.1 Å². The van der Waals surface area contributed by atoms with Gasteiger partial charge in [0.2, 0.25) is 5.91 Å². The number of hydrogen-bond acceptors (Lipinski definition) is 5. The van der Waals surface area contributed by atoms with Gasteiger partial charge < -0.3 is 10.1 Å². The van der Waals surface area contributed by atoms with Crippen molar-refractivity contribution < 1.29 is 9.53 Å². The number of carbonyl (C=O) groups excluding carboxylic acids is 1. The lowest BCUT2D eigenvalue weighted by Crippen LogP contribution is -2.16. The molecule has 1 heterocycles. The van der Waals surface area contributed by atoms with E-state index in [1.54, 1.807) is 0 Å². The SMILES string of the molecule is Cc1ccc(OCc2nnc(SCC(=O)Nc3c(C)cccc3C)n2-c2ccc(C)cc2)cc1. The molecule has 1 N–H and O–H groups in total. The zero-order chi connectivity index (χ0) is 24.1. The van der Waals surface area contributed by atoms with Gasteiger partial charge in [0.25, 0.3) is 0 Å². The lowest BCUT2D eigenvalue weighted by molar-refractivity contribution is -0.113. The zero-order valence-corrected chi connectivity index (χ0v) is 20.6. The number of aromatic nitrogens is 3. The number of nitrogens with one attached hydrogen (secondary N) is 1. The number of carbonyl (C=O) groups is 1. The minimum atomic E-state index is -0.0849. The van der Waals surface area contributed by atoms with E-state index in [1.807, 2.05) is 99.0 Å². The van der Waals surface area contributed by atoms with Crippen molar-refractivity contribution in [1.29, 1.82) is 0 Å². The topological polar surface area (TPSA) is 69.0 Å². The van der Waals surface area contributed by atoms with E-state index >= 15 is 0 Å². The number of anilines is 1. The molecule has 174 valence electrons. The molecule has 0 bridgehead atoms. The highest BCUT2D eigenvalue weighted by molar-refractivity contribution is 7.99. The minimum absolute atomic E-state index is 0.0849. The summed E-state index contributed by atoms with van der Waals surface area (Å²) < 4.78 is 7.91. The van der Waals surface area contributed by atoms with Crippen LogP contribution in [0.4, 0.5) is 5.69 Å². The number of rotatable bonds is 8. The summed E-state index contributed by atoms with van der Waals surface area (Å²) in [5, 5.41) is 12.4. The van der Waals surface area contributed by atoms with Crippen LogP contribution < -0.4 is 10.1 Å². The summed E-state index contributed by atoms with van der Waals surface area (Å²) in [6.07, 6.45) is 0. The maximum Gasteiger partial charge on any atom is 0.234 e. The predicted octanol–water partition coefficient (Wildman–Crippen LogP) is 5.81. The highest BCUT2D eigenvalue weighted by Gasteiger charge is 2.17. The largest absolute Gasteiger partial charge is 0.486 e. The number of hydrogen-bond donors (Lipinski definition) is 1. The molecule has 4 rings (SSSR count). The van der Waals surface area contributed by atoms with Crippen LogP contribution in [-0.4, -0.2) is 26.4 Å². The van der Waals surface area contributed by atoms with Crippen molar-refractivity contribution in [3.63, 3.8) is 0 Å². The molecule has 4 aromatic rings. The summed E-state index contributed by atoms with van der Waals surface area (Å²) in [6, 6.07) is 22.0. The van der Waals surface area contributed by atoms with Crippen molar-refractivity contribution in [2.24, 2.45) is 0 Å². The van der Waals surface area contributed by atoms with Crippen molar-refractivity contribution in [1.82, 2.24) is 14.8 Å². The predicted molar refractivity (Wildman–Crippen MR) is 137 cm³/mol. The zero-order valence-electron chi connectivity index (χ0n) is 19.8. The monoisotopic (exact) mass is 472 g/mol. The van der Waals surface area contributed by atoms with Crippen LogP contribution in [0.2, 0.25) is 0 Å². The third-order valence-electron chi connectivity index (χ3n) is 5.46. The van der Waals surface area contributed by atoms with Crippen molar-refractivity contribution in [3.8, 4) is 11.4 Å². The Morgan fingerprint density at radius 3 is 2.15 bits per heavy atom. The van der Waals surface area contributed by atoms with Crippen molar-refractivity contribution >= 4 is 23.4 Å². The Hall–Kier alpha value is -3.58. The van der Waals surface area contributed by atoms with E-state index < -0.39 is 0 Å². The van der Waals surface area contributed by atoms with Crippen molar-refractivity contribution in [3.05, 3.63) is 94.8 Å². The van der Waals surface area contributed by atoms with Crippen LogP contribution in [0.25, 0.3) is 5.69 Å². The van der Waals surface area contributed by atoms with Crippen LogP contribution in [0.5, 0.6) is 5.75 Å². The number of thioether (sulfide) groups is 1. The number of benzene rings is 3. The Morgan fingerprint density at radius 2 is 1.50 bits per heavy atom. The van der Waals surface area contributed by atoms with Crippen LogP contribution in [-0.2, 0) is 11.4 Å². The molecular formula is C27H28N4O2S. The summed E-state index contributed by atoms with van der Waals surface area (Å²) in [5.74, 6) is 1.57. The fourth-order valence-electron chi connectivity index (χ4n) is 3.54. The second kappa shape index (κ2) is 10.6. The molecule has 0 radical (unpaired) electrons. The Kier molecular flexibility index (Phi) is 7.33. The molecule has 0 aliphatic rings. The maximum absolute atomic E-state index is 12.7. The second-order valence-corrected chi connectivity index (χ2v) is 9.22. The molecule has 0 unspecified atom stereocenters. The number of aryl methyl sites for hydroxylation is 4. The highest BCUT2D eigenvalue weighted by atomic mass is 32.2. The lowest BCUT2D eigenvalue weighted by Gasteiger charge is -2.13. The molecule has 3 aromatic carbocycles. The second-order valence-electron chi connectivity index (χ2n) is 8.28. The molecule has 0 atom stereocenters. The number of nitrogens with zero attached hydrogens (tertiary/aromatic N) is 3. The van der Waals surface area contributed by atoms with Gasteiger partial charge >= 0.3 is 0 Å². The summed E-state index contributed by atoms with van der Waals surface area (Å²) in [6.45, 7) is 8.33. The Labute approximate surface area is 204 Å². The average Bonchev–Trinajstić information content (AvgIpc) is 3.23. The average molecular weight is 473 g/mol. The van der Waals surface area contributed by atoms with E-state index in [1.165, 1.54) is 17.3 Å². The van der Waals surface area contributed by atoms with Crippen molar-refractivity contribution in [2.45, 2.75) is 39.5 Å². The molecule has 0 saturated heterocycles. The first kappa shape index (κ1) is 23.6. The first-order valence-corrected chi connectivity index (χ1v) is 12.1. The normalized spacial score (nSPS) is 10.8. The van der Waals surface area contributed by atoms with E-state index in [9.17, 15) is 4.79 Å².